The van der Waals surface area contributed by atoms with Gasteiger partial charge in [-0.1, -0.05) is 24.3 Å². The van der Waals surface area contributed by atoms with E-state index in [-0.39, 0.29) is 12.6 Å². The van der Waals surface area contributed by atoms with E-state index in [2.05, 4.69) is 10.6 Å². The topological polar surface area (TPSA) is 59.6 Å². The molecule has 0 heterocycles. The molecule has 5 nitrogen and oxygen atoms in total. The van der Waals surface area contributed by atoms with Gasteiger partial charge in [-0.25, -0.2) is 13.6 Å². The maximum atomic E-state index is 12.2. The first-order chi connectivity index (χ1) is 13.0. The Kier molecular flexibility index (Phi) is 8.35. The number of urea groups is 1. The number of carbonyl (C=O) groups excluding carboxylic acids is 1. The summed E-state index contributed by atoms with van der Waals surface area (Å²) in [6.07, 6.45) is -1.84. The van der Waals surface area contributed by atoms with E-state index in [1.165, 1.54) is 0 Å². The van der Waals surface area contributed by atoms with Crippen LogP contribution in [0.1, 0.15) is 17.5 Å². The number of rotatable bonds is 10. The minimum absolute atomic E-state index is 0.275. The molecule has 0 aliphatic carbocycles. The average Bonchev–Trinajstić information content (AvgIpc) is 2.65. The molecule has 27 heavy (non-hydrogen) atoms. The molecule has 0 aliphatic rings. The van der Waals surface area contributed by atoms with Crippen LogP contribution in [0.4, 0.5) is 13.6 Å². The third-order valence-corrected chi connectivity index (χ3v) is 3.59. The van der Waals surface area contributed by atoms with E-state index in [0.29, 0.717) is 25.3 Å². The summed E-state index contributed by atoms with van der Waals surface area (Å²) >= 11 is 0. The normalized spacial score (nSPS) is 10.5. The van der Waals surface area contributed by atoms with Crippen molar-refractivity contribution in [2.24, 2.45) is 0 Å². The van der Waals surface area contributed by atoms with Crippen LogP contribution in [-0.4, -0.2) is 32.2 Å². The van der Waals surface area contributed by atoms with Gasteiger partial charge in [-0.3, -0.25) is 0 Å². The van der Waals surface area contributed by atoms with Crippen LogP contribution in [0.3, 0.4) is 0 Å². The van der Waals surface area contributed by atoms with Gasteiger partial charge in [0.1, 0.15) is 18.1 Å². The number of ether oxygens (including phenoxy) is 2. The van der Waals surface area contributed by atoms with Gasteiger partial charge in [-0.2, -0.15) is 0 Å². The summed E-state index contributed by atoms with van der Waals surface area (Å²) in [6, 6.07) is 14.2. The Hall–Kier alpha value is -2.83. The molecule has 2 aromatic carbocycles. The Morgan fingerprint density at radius 2 is 1.78 bits per heavy atom. The number of hydrogen-bond acceptors (Lipinski definition) is 3. The van der Waals surface area contributed by atoms with Crippen molar-refractivity contribution in [3.63, 3.8) is 0 Å². The fraction of sp³-hybridized carbons (Fsp3) is 0.350. The number of benzene rings is 2. The fourth-order valence-electron chi connectivity index (χ4n) is 2.32. The van der Waals surface area contributed by atoms with Crippen molar-refractivity contribution in [2.45, 2.75) is 26.3 Å². The summed E-state index contributed by atoms with van der Waals surface area (Å²) < 4.78 is 34.9. The van der Waals surface area contributed by atoms with Gasteiger partial charge in [0, 0.05) is 13.1 Å². The van der Waals surface area contributed by atoms with E-state index in [0.717, 1.165) is 16.9 Å². The number of carbonyl (C=O) groups is 1. The maximum absolute atomic E-state index is 12.2. The van der Waals surface area contributed by atoms with Crippen LogP contribution in [-0.2, 0) is 6.54 Å². The zero-order valence-corrected chi connectivity index (χ0v) is 15.2. The number of hydrogen-bond donors (Lipinski definition) is 2. The standard InChI is InChI=1S/C20H24F2N2O3/c1-15-5-2-7-17(11-15)26-10-4-9-23-20(25)24-13-16-6-3-8-18(12-16)27-14-19(21)22/h2-3,5-8,11-12,19H,4,9-10,13-14H2,1H3,(H2,23,24,25). The second-order valence-corrected chi connectivity index (χ2v) is 5.98. The summed E-state index contributed by atoms with van der Waals surface area (Å²) in [6.45, 7) is 2.61. The van der Waals surface area contributed by atoms with Gasteiger partial charge in [-0.15, -0.1) is 0 Å². The van der Waals surface area contributed by atoms with Gasteiger partial charge >= 0.3 is 6.03 Å². The maximum Gasteiger partial charge on any atom is 0.315 e. The molecule has 146 valence electrons. The van der Waals surface area contributed by atoms with E-state index < -0.39 is 13.0 Å². The first-order valence-corrected chi connectivity index (χ1v) is 8.74. The van der Waals surface area contributed by atoms with Crippen molar-refractivity contribution < 1.29 is 23.0 Å². The Morgan fingerprint density at radius 3 is 2.52 bits per heavy atom. The van der Waals surface area contributed by atoms with Crippen LogP contribution in [0.15, 0.2) is 48.5 Å². The molecule has 0 aliphatic heterocycles. The number of amides is 2. The summed E-state index contributed by atoms with van der Waals surface area (Å²) in [5, 5.41) is 5.46. The Bertz CT molecular complexity index is 726. The molecule has 7 heteroatoms. The molecule has 0 spiro atoms. The molecule has 0 saturated heterocycles. The summed E-state index contributed by atoms with van der Waals surface area (Å²) in [4.78, 5) is 11.8. The van der Waals surface area contributed by atoms with Gasteiger partial charge in [0.25, 0.3) is 6.43 Å². The quantitative estimate of drug-likeness (QED) is 0.617. The smallest absolute Gasteiger partial charge is 0.315 e. The minimum Gasteiger partial charge on any atom is -0.494 e. The summed E-state index contributed by atoms with van der Waals surface area (Å²) in [5.74, 6) is 1.16. The van der Waals surface area contributed by atoms with Crippen LogP contribution in [0.25, 0.3) is 0 Å². The average molecular weight is 378 g/mol. The van der Waals surface area contributed by atoms with Crippen LogP contribution in [0.5, 0.6) is 11.5 Å². The van der Waals surface area contributed by atoms with E-state index in [4.69, 9.17) is 9.47 Å². The molecular weight excluding hydrogens is 354 g/mol. The van der Waals surface area contributed by atoms with Crippen molar-refractivity contribution >= 4 is 6.03 Å². The number of nitrogens with one attached hydrogen (secondary N) is 2. The molecular formula is C20H24F2N2O3. The van der Waals surface area contributed by atoms with Crippen molar-refractivity contribution in [1.82, 2.24) is 10.6 Å². The van der Waals surface area contributed by atoms with E-state index in [1.54, 1.807) is 24.3 Å². The summed E-state index contributed by atoms with van der Waals surface area (Å²) in [7, 11) is 0. The van der Waals surface area contributed by atoms with Gasteiger partial charge in [0.15, 0.2) is 0 Å². The predicted octanol–water partition coefficient (Wildman–Crippen LogP) is 3.91. The molecule has 0 radical (unpaired) electrons. The Morgan fingerprint density at radius 1 is 1.04 bits per heavy atom. The number of aryl methyl sites for hydroxylation is 1. The molecule has 0 bridgehead atoms. The van der Waals surface area contributed by atoms with Gasteiger partial charge in [-0.05, 0) is 48.7 Å². The third kappa shape index (κ3) is 8.40. The Balaban J connectivity index is 1.61. The third-order valence-electron chi connectivity index (χ3n) is 3.59. The van der Waals surface area contributed by atoms with Crippen molar-refractivity contribution in [1.29, 1.82) is 0 Å². The highest BCUT2D eigenvalue weighted by atomic mass is 19.3. The van der Waals surface area contributed by atoms with E-state index in [9.17, 15) is 13.6 Å². The fourth-order valence-corrected chi connectivity index (χ4v) is 2.32. The van der Waals surface area contributed by atoms with Crippen LogP contribution < -0.4 is 20.1 Å². The van der Waals surface area contributed by atoms with Crippen molar-refractivity contribution in [2.75, 3.05) is 19.8 Å². The highest BCUT2D eigenvalue weighted by Crippen LogP contribution is 2.14. The van der Waals surface area contributed by atoms with Gasteiger partial charge in [0.2, 0.25) is 0 Å². The highest BCUT2D eigenvalue weighted by Gasteiger charge is 2.05. The molecule has 0 unspecified atom stereocenters. The van der Waals surface area contributed by atoms with Gasteiger partial charge < -0.3 is 20.1 Å². The van der Waals surface area contributed by atoms with Crippen molar-refractivity contribution in [3.05, 3.63) is 59.7 Å². The zero-order chi connectivity index (χ0) is 19.5. The molecule has 0 saturated carbocycles. The molecule has 0 aromatic heterocycles. The number of halogens is 2. The monoisotopic (exact) mass is 378 g/mol. The molecule has 0 atom stereocenters. The van der Waals surface area contributed by atoms with Crippen LogP contribution in [0.2, 0.25) is 0 Å². The minimum atomic E-state index is -2.52. The lowest BCUT2D eigenvalue weighted by Gasteiger charge is -2.10. The van der Waals surface area contributed by atoms with Crippen LogP contribution >= 0.6 is 0 Å². The predicted molar refractivity (Wildman–Crippen MR) is 99.5 cm³/mol. The summed E-state index contributed by atoms with van der Waals surface area (Å²) in [5.41, 5.74) is 1.90. The molecule has 0 fully saturated rings. The molecule has 2 aromatic rings. The van der Waals surface area contributed by atoms with Crippen LogP contribution in [0, 0.1) is 6.92 Å². The van der Waals surface area contributed by atoms with E-state index in [1.807, 2.05) is 31.2 Å². The Labute approximate surface area is 157 Å². The molecule has 2 amide bonds. The van der Waals surface area contributed by atoms with Gasteiger partial charge in [0.05, 0.1) is 6.61 Å². The molecule has 2 rings (SSSR count). The lowest BCUT2D eigenvalue weighted by molar-refractivity contribution is 0.0818. The second kappa shape index (κ2) is 11.0. The number of alkyl halides is 2. The lowest BCUT2D eigenvalue weighted by Crippen LogP contribution is -2.36. The van der Waals surface area contributed by atoms with Crippen molar-refractivity contribution in [3.8, 4) is 11.5 Å². The lowest BCUT2D eigenvalue weighted by atomic mass is 10.2. The SMILES string of the molecule is Cc1cccc(OCCCNC(=O)NCc2cccc(OCC(F)F)c2)c1. The largest absolute Gasteiger partial charge is 0.494 e. The zero-order valence-electron chi connectivity index (χ0n) is 15.2. The van der Waals surface area contributed by atoms with E-state index >= 15 is 0 Å². The molecule has 2 N–H and O–H groups in total. The highest BCUT2D eigenvalue weighted by molar-refractivity contribution is 5.73. The second-order valence-electron chi connectivity index (χ2n) is 5.98. The first kappa shape index (κ1) is 20.5. The first-order valence-electron chi connectivity index (χ1n) is 8.74.